The van der Waals surface area contributed by atoms with Gasteiger partial charge in [0.1, 0.15) is 6.61 Å². The summed E-state index contributed by atoms with van der Waals surface area (Å²) in [5, 5.41) is 5.09. The second kappa shape index (κ2) is 24.8. The predicted molar refractivity (Wildman–Crippen MR) is 201 cm³/mol. The normalized spacial score (nSPS) is 24.9. The largest absolute Gasteiger partial charge is 0.466 e. The van der Waals surface area contributed by atoms with E-state index in [1.165, 1.54) is 32.1 Å². The first-order valence-corrected chi connectivity index (χ1v) is 20.5. The highest BCUT2D eigenvalue weighted by molar-refractivity contribution is 5.72. The SMILES string of the molecule is CCOC(=O)CCNC(=O)OCCC(C)OCCC(C)OCC12CCC(C1)C1C(CCOC(C)CCOC(C)COC(=O)NCCC(=O)OCC)CCC12. The summed E-state index contributed by atoms with van der Waals surface area (Å²) in [6.45, 7) is 15.6. The number of nitrogens with one attached hydrogen (secondary N) is 2. The number of carbonyl (C=O) groups is 4. The van der Waals surface area contributed by atoms with Crippen molar-refractivity contribution < 1.29 is 57.1 Å². The molecule has 9 atom stereocenters. The van der Waals surface area contributed by atoms with Gasteiger partial charge >= 0.3 is 24.1 Å². The molecule has 14 heteroatoms. The number of rotatable bonds is 28. The molecule has 3 fully saturated rings. The number of esters is 2. The maximum absolute atomic E-state index is 11.8. The number of amides is 2. The lowest BCUT2D eigenvalue weighted by molar-refractivity contribution is -0.143. The van der Waals surface area contributed by atoms with Gasteiger partial charge in [-0.25, -0.2) is 9.59 Å². The molecule has 0 aromatic carbocycles. The van der Waals surface area contributed by atoms with Gasteiger partial charge in [-0.2, -0.15) is 0 Å². The van der Waals surface area contributed by atoms with Crippen molar-refractivity contribution in [1.82, 2.24) is 10.6 Å². The van der Waals surface area contributed by atoms with Crippen LogP contribution in [-0.2, 0) is 47.5 Å². The second-order valence-electron chi connectivity index (χ2n) is 15.4. The number of fused-ring (bicyclic) bond motifs is 5. The number of carbonyl (C=O) groups excluding carboxylic acids is 4. The fourth-order valence-electron chi connectivity index (χ4n) is 8.48. The fraction of sp³-hybridized carbons (Fsp3) is 0.900. The van der Waals surface area contributed by atoms with Crippen molar-refractivity contribution in [2.75, 3.05) is 65.9 Å². The third-order valence-electron chi connectivity index (χ3n) is 11.3. The van der Waals surface area contributed by atoms with Crippen LogP contribution >= 0.6 is 0 Å². The molecule has 9 unspecified atom stereocenters. The molecule has 0 heterocycles. The Morgan fingerprint density at radius 2 is 1.20 bits per heavy atom. The minimum atomic E-state index is -0.576. The van der Waals surface area contributed by atoms with Crippen LogP contribution in [0.4, 0.5) is 9.59 Å². The molecule has 2 bridgehead atoms. The van der Waals surface area contributed by atoms with E-state index in [2.05, 4.69) is 24.5 Å². The first-order chi connectivity index (χ1) is 26.0. The maximum atomic E-state index is 11.8. The minimum Gasteiger partial charge on any atom is -0.466 e. The number of hydrogen-bond donors (Lipinski definition) is 2. The molecule has 54 heavy (non-hydrogen) atoms. The van der Waals surface area contributed by atoms with Crippen molar-refractivity contribution in [1.29, 1.82) is 0 Å². The number of alkyl carbamates (subject to hydrolysis) is 2. The van der Waals surface area contributed by atoms with E-state index in [0.717, 1.165) is 56.1 Å². The molecule has 0 saturated heterocycles. The molecule has 0 radical (unpaired) electrons. The van der Waals surface area contributed by atoms with Gasteiger partial charge < -0.3 is 48.5 Å². The van der Waals surface area contributed by atoms with E-state index < -0.39 is 12.2 Å². The van der Waals surface area contributed by atoms with Crippen LogP contribution < -0.4 is 10.6 Å². The zero-order valence-corrected chi connectivity index (χ0v) is 33.9. The molecule has 3 aliphatic rings. The Kier molecular flexibility index (Phi) is 21.0. The monoisotopic (exact) mass is 770 g/mol. The van der Waals surface area contributed by atoms with Gasteiger partial charge in [0.15, 0.2) is 0 Å². The smallest absolute Gasteiger partial charge is 0.407 e. The fourth-order valence-corrected chi connectivity index (χ4v) is 8.48. The average molecular weight is 771 g/mol. The quantitative estimate of drug-likeness (QED) is 0.0709. The van der Waals surface area contributed by atoms with E-state index in [0.29, 0.717) is 38.3 Å². The van der Waals surface area contributed by atoms with E-state index in [1.807, 2.05) is 13.8 Å². The molecule has 14 nitrogen and oxygen atoms in total. The molecule has 3 saturated carbocycles. The third kappa shape index (κ3) is 16.2. The molecule has 0 aromatic rings. The Labute approximate surface area is 323 Å². The van der Waals surface area contributed by atoms with E-state index in [-0.39, 0.29) is 75.5 Å². The topological polar surface area (TPSA) is 166 Å². The van der Waals surface area contributed by atoms with Crippen molar-refractivity contribution in [3.8, 4) is 0 Å². The van der Waals surface area contributed by atoms with Gasteiger partial charge in [-0.3, -0.25) is 9.59 Å². The Morgan fingerprint density at radius 1 is 0.648 bits per heavy atom. The molecule has 0 aromatic heterocycles. The van der Waals surface area contributed by atoms with Crippen molar-refractivity contribution in [3.63, 3.8) is 0 Å². The highest BCUT2D eigenvalue weighted by Crippen LogP contribution is 2.67. The summed E-state index contributed by atoms with van der Waals surface area (Å²) in [4.78, 5) is 46.3. The Bertz CT molecular complexity index is 1130. The van der Waals surface area contributed by atoms with Gasteiger partial charge in [0.2, 0.25) is 0 Å². The van der Waals surface area contributed by atoms with Crippen LogP contribution in [0.15, 0.2) is 0 Å². The van der Waals surface area contributed by atoms with Gasteiger partial charge in [-0.05, 0) is 122 Å². The average Bonchev–Trinajstić information content (AvgIpc) is 3.83. The summed E-state index contributed by atoms with van der Waals surface area (Å²) in [6.07, 6.45) is 8.77. The van der Waals surface area contributed by atoms with Crippen LogP contribution in [0.5, 0.6) is 0 Å². The highest BCUT2D eigenvalue weighted by Gasteiger charge is 2.61. The van der Waals surface area contributed by atoms with Gasteiger partial charge in [0.05, 0.1) is 63.7 Å². The Morgan fingerprint density at radius 3 is 1.83 bits per heavy atom. The lowest BCUT2D eigenvalue weighted by atomic mass is 9.70. The third-order valence-corrected chi connectivity index (χ3v) is 11.3. The second-order valence-corrected chi connectivity index (χ2v) is 15.4. The summed E-state index contributed by atoms with van der Waals surface area (Å²) < 4.78 is 44.6. The molecule has 2 amide bonds. The molecular formula is C40H70N2O12. The van der Waals surface area contributed by atoms with Gasteiger partial charge in [0.25, 0.3) is 0 Å². The minimum absolute atomic E-state index is 0.0439. The first kappa shape index (κ1) is 45.7. The van der Waals surface area contributed by atoms with Crippen LogP contribution in [-0.4, -0.2) is 114 Å². The van der Waals surface area contributed by atoms with Gasteiger partial charge in [-0.15, -0.1) is 0 Å². The Hall–Kier alpha value is -2.68. The zero-order valence-electron chi connectivity index (χ0n) is 33.9. The molecule has 0 aliphatic heterocycles. The number of hydrogen-bond acceptors (Lipinski definition) is 12. The van der Waals surface area contributed by atoms with Crippen molar-refractivity contribution in [3.05, 3.63) is 0 Å². The van der Waals surface area contributed by atoms with E-state index in [1.54, 1.807) is 13.8 Å². The zero-order chi connectivity index (χ0) is 39.3. The molecule has 0 spiro atoms. The van der Waals surface area contributed by atoms with Gasteiger partial charge in [0, 0.05) is 39.3 Å². The maximum Gasteiger partial charge on any atom is 0.407 e. The lowest BCUT2D eigenvalue weighted by Crippen LogP contribution is -2.35. The molecule has 2 N–H and O–H groups in total. The summed E-state index contributed by atoms with van der Waals surface area (Å²) in [5.74, 6) is 2.36. The van der Waals surface area contributed by atoms with Gasteiger partial charge in [-0.1, -0.05) is 0 Å². The number of ether oxygens (including phenoxy) is 8. The van der Waals surface area contributed by atoms with Crippen molar-refractivity contribution in [2.45, 2.75) is 137 Å². The molecule has 312 valence electrons. The van der Waals surface area contributed by atoms with Crippen LogP contribution in [0.2, 0.25) is 0 Å². The van der Waals surface area contributed by atoms with E-state index in [9.17, 15) is 19.2 Å². The van der Waals surface area contributed by atoms with Crippen LogP contribution in [0.25, 0.3) is 0 Å². The summed E-state index contributed by atoms with van der Waals surface area (Å²) >= 11 is 0. The summed E-state index contributed by atoms with van der Waals surface area (Å²) in [6, 6.07) is 0. The molecule has 3 aliphatic carbocycles. The predicted octanol–water partition coefficient (Wildman–Crippen LogP) is 5.97. The molecular weight excluding hydrogens is 700 g/mol. The lowest BCUT2D eigenvalue weighted by Gasteiger charge is -2.37. The highest BCUT2D eigenvalue weighted by atomic mass is 16.6. The Balaban J connectivity index is 1.22. The van der Waals surface area contributed by atoms with E-state index in [4.69, 9.17) is 37.9 Å². The van der Waals surface area contributed by atoms with Crippen LogP contribution in [0.3, 0.4) is 0 Å². The first-order valence-electron chi connectivity index (χ1n) is 20.5. The van der Waals surface area contributed by atoms with Crippen LogP contribution in [0, 0.1) is 29.1 Å². The molecule has 3 rings (SSSR count). The standard InChI is InChI=1S/C40H70N2O12/c1-7-47-35(43)12-19-41-38(45)52-23-16-29(4)49-21-15-30(5)54-27-40-18-11-33(25-40)37-32(9-10-34(37)40)17-24-50-28(3)14-22-51-31(6)26-53-39(46)42-20-13-36(44)48-8-2/h28-34,37H,7-27H2,1-6H3,(H,41,45)(H,42,46). The van der Waals surface area contributed by atoms with Crippen molar-refractivity contribution >= 4 is 24.1 Å². The summed E-state index contributed by atoms with van der Waals surface area (Å²) in [5.41, 5.74) is 0.315. The summed E-state index contributed by atoms with van der Waals surface area (Å²) in [7, 11) is 0. The van der Waals surface area contributed by atoms with E-state index >= 15 is 0 Å². The van der Waals surface area contributed by atoms with Crippen molar-refractivity contribution in [2.24, 2.45) is 29.1 Å². The van der Waals surface area contributed by atoms with Crippen LogP contribution in [0.1, 0.15) is 112 Å².